The van der Waals surface area contributed by atoms with Gasteiger partial charge in [0.2, 0.25) is 5.91 Å². The van der Waals surface area contributed by atoms with Crippen molar-refractivity contribution in [2.75, 3.05) is 26.2 Å². The Hall–Kier alpha value is -2.31. The molecule has 2 fully saturated rings. The average molecular weight is 430 g/mol. The molecule has 0 spiro atoms. The fraction of sp³-hybridized carbons (Fsp3) is 0.478. The molecule has 7 heteroatoms. The second-order valence-corrected chi connectivity index (χ2v) is 8.56. The van der Waals surface area contributed by atoms with Crippen LogP contribution in [0.4, 0.5) is 0 Å². The van der Waals surface area contributed by atoms with Crippen molar-refractivity contribution in [1.29, 1.82) is 0 Å². The molecule has 1 saturated carbocycles. The maximum Gasteiger partial charge on any atom is 0.253 e. The molecule has 30 heavy (non-hydrogen) atoms. The number of piperazine rings is 1. The summed E-state index contributed by atoms with van der Waals surface area (Å²) in [6, 6.07) is 10.6. The summed E-state index contributed by atoms with van der Waals surface area (Å²) >= 11 is 6.04. The highest BCUT2D eigenvalue weighted by Gasteiger charge is 2.37. The highest BCUT2D eigenvalue weighted by molar-refractivity contribution is 6.30. The maximum absolute atomic E-state index is 13.1. The standard InChI is InChI=1S/C23H28ClN3O3/c24-19-8-3-7-18(15-19)23(29)27-12-10-26(11-13-27)21(17-5-1-2-6-17)22(28)25-16-20-9-4-14-30-20/h3-4,7-9,14-15,17,21H,1-2,5-6,10-13,16H2,(H,25,28)/t21-/m1/s1. The number of carbonyl (C=O) groups is 2. The van der Waals surface area contributed by atoms with Crippen molar-refractivity contribution in [1.82, 2.24) is 15.1 Å². The van der Waals surface area contributed by atoms with Crippen LogP contribution in [0.15, 0.2) is 47.1 Å². The zero-order valence-electron chi connectivity index (χ0n) is 17.1. The van der Waals surface area contributed by atoms with E-state index in [0.29, 0.717) is 49.2 Å². The average Bonchev–Trinajstić information content (AvgIpc) is 3.47. The van der Waals surface area contributed by atoms with Crippen molar-refractivity contribution in [3.63, 3.8) is 0 Å². The second kappa shape index (κ2) is 9.67. The maximum atomic E-state index is 13.1. The molecule has 0 bridgehead atoms. The lowest BCUT2D eigenvalue weighted by molar-refractivity contribution is -0.129. The Morgan fingerprint density at radius 1 is 1.10 bits per heavy atom. The van der Waals surface area contributed by atoms with Crippen molar-refractivity contribution in [3.05, 3.63) is 59.0 Å². The Kier molecular flexibility index (Phi) is 6.75. The second-order valence-electron chi connectivity index (χ2n) is 8.13. The smallest absolute Gasteiger partial charge is 0.253 e. The summed E-state index contributed by atoms with van der Waals surface area (Å²) in [6.45, 7) is 3.02. The quantitative estimate of drug-likeness (QED) is 0.762. The van der Waals surface area contributed by atoms with E-state index in [4.69, 9.17) is 16.0 Å². The SMILES string of the molecule is O=C(NCc1ccco1)[C@@H](C1CCCC1)N1CCN(C(=O)c2cccc(Cl)c2)CC1. The Morgan fingerprint density at radius 2 is 1.87 bits per heavy atom. The van der Waals surface area contributed by atoms with Gasteiger partial charge in [-0.05, 0) is 49.1 Å². The van der Waals surface area contributed by atoms with Gasteiger partial charge in [0.1, 0.15) is 5.76 Å². The fourth-order valence-electron chi connectivity index (χ4n) is 4.65. The van der Waals surface area contributed by atoms with Gasteiger partial charge in [-0.1, -0.05) is 30.5 Å². The van der Waals surface area contributed by atoms with Crippen LogP contribution in [0, 0.1) is 5.92 Å². The number of nitrogens with one attached hydrogen (secondary N) is 1. The van der Waals surface area contributed by atoms with Crippen LogP contribution in [0.3, 0.4) is 0 Å². The molecule has 4 rings (SSSR count). The molecule has 1 N–H and O–H groups in total. The van der Waals surface area contributed by atoms with Gasteiger partial charge in [0.15, 0.2) is 0 Å². The normalized spacial score (nSPS) is 19.0. The number of benzene rings is 1. The predicted molar refractivity (Wildman–Crippen MR) is 115 cm³/mol. The topological polar surface area (TPSA) is 65.8 Å². The summed E-state index contributed by atoms with van der Waals surface area (Å²) in [6.07, 6.45) is 6.15. The lowest BCUT2D eigenvalue weighted by Crippen LogP contribution is -2.57. The number of hydrogen-bond acceptors (Lipinski definition) is 4. The zero-order valence-corrected chi connectivity index (χ0v) is 17.8. The lowest BCUT2D eigenvalue weighted by atomic mass is 9.95. The van der Waals surface area contributed by atoms with Gasteiger partial charge in [0.05, 0.1) is 18.8 Å². The fourth-order valence-corrected chi connectivity index (χ4v) is 4.84. The van der Waals surface area contributed by atoms with Crippen molar-refractivity contribution < 1.29 is 14.0 Å². The van der Waals surface area contributed by atoms with Crippen LogP contribution in [0.1, 0.15) is 41.8 Å². The Balaban J connectivity index is 1.38. The first-order valence-corrected chi connectivity index (χ1v) is 11.1. The molecule has 2 heterocycles. The predicted octanol–water partition coefficient (Wildman–Crippen LogP) is 3.57. The molecular formula is C23H28ClN3O3. The van der Waals surface area contributed by atoms with E-state index < -0.39 is 0 Å². The summed E-state index contributed by atoms with van der Waals surface area (Å²) in [5, 5.41) is 3.62. The van der Waals surface area contributed by atoms with Crippen LogP contribution in [0.2, 0.25) is 5.02 Å². The Morgan fingerprint density at radius 3 is 2.53 bits per heavy atom. The van der Waals surface area contributed by atoms with Crippen LogP contribution in [-0.4, -0.2) is 53.8 Å². The van der Waals surface area contributed by atoms with Crippen molar-refractivity contribution in [2.45, 2.75) is 38.3 Å². The molecule has 6 nitrogen and oxygen atoms in total. The number of hydrogen-bond donors (Lipinski definition) is 1. The van der Waals surface area contributed by atoms with E-state index in [0.717, 1.165) is 18.6 Å². The van der Waals surface area contributed by atoms with E-state index in [9.17, 15) is 9.59 Å². The third kappa shape index (κ3) is 4.87. The van der Waals surface area contributed by atoms with Gasteiger partial charge in [-0.15, -0.1) is 0 Å². The van der Waals surface area contributed by atoms with Gasteiger partial charge in [0, 0.05) is 36.8 Å². The zero-order chi connectivity index (χ0) is 20.9. The molecule has 0 radical (unpaired) electrons. The first-order valence-electron chi connectivity index (χ1n) is 10.7. The minimum absolute atomic E-state index is 0.00293. The first kappa shape index (κ1) is 20.9. The summed E-state index contributed by atoms with van der Waals surface area (Å²) in [4.78, 5) is 30.0. The van der Waals surface area contributed by atoms with Crippen LogP contribution < -0.4 is 5.32 Å². The summed E-state index contributed by atoms with van der Waals surface area (Å²) in [5.74, 6) is 1.19. The van der Waals surface area contributed by atoms with E-state index in [1.807, 2.05) is 17.0 Å². The highest BCUT2D eigenvalue weighted by Crippen LogP contribution is 2.31. The summed E-state index contributed by atoms with van der Waals surface area (Å²) < 4.78 is 5.34. The van der Waals surface area contributed by atoms with Crippen molar-refractivity contribution in [3.8, 4) is 0 Å². The van der Waals surface area contributed by atoms with Gasteiger partial charge < -0.3 is 14.6 Å². The van der Waals surface area contributed by atoms with Gasteiger partial charge in [-0.2, -0.15) is 0 Å². The van der Waals surface area contributed by atoms with Crippen molar-refractivity contribution >= 4 is 23.4 Å². The molecule has 1 aliphatic heterocycles. The molecule has 1 aromatic heterocycles. The summed E-state index contributed by atoms with van der Waals surface area (Å²) in [7, 11) is 0. The monoisotopic (exact) mass is 429 g/mol. The number of carbonyl (C=O) groups excluding carboxylic acids is 2. The van der Waals surface area contributed by atoms with Gasteiger partial charge in [-0.25, -0.2) is 0 Å². The molecule has 2 amide bonds. The number of furan rings is 1. The molecule has 0 unspecified atom stereocenters. The van der Waals surface area contributed by atoms with Gasteiger partial charge in [-0.3, -0.25) is 14.5 Å². The van der Waals surface area contributed by atoms with Crippen LogP contribution >= 0.6 is 11.6 Å². The molecule has 1 saturated heterocycles. The Labute approximate surface area is 182 Å². The lowest BCUT2D eigenvalue weighted by Gasteiger charge is -2.40. The first-order chi connectivity index (χ1) is 14.6. The van der Waals surface area contributed by atoms with E-state index in [1.165, 1.54) is 12.8 Å². The molecular weight excluding hydrogens is 402 g/mol. The summed E-state index contributed by atoms with van der Waals surface area (Å²) in [5.41, 5.74) is 0.611. The number of amides is 2. The molecule has 1 aromatic carbocycles. The van der Waals surface area contributed by atoms with Crippen LogP contribution in [-0.2, 0) is 11.3 Å². The van der Waals surface area contributed by atoms with Crippen molar-refractivity contribution in [2.24, 2.45) is 5.92 Å². The van der Waals surface area contributed by atoms with Crippen LogP contribution in [0.25, 0.3) is 0 Å². The number of nitrogens with zero attached hydrogens (tertiary/aromatic N) is 2. The van der Waals surface area contributed by atoms with Gasteiger partial charge in [0.25, 0.3) is 5.91 Å². The third-order valence-electron chi connectivity index (χ3n) is 6.20. The molecule has 2 aliphatic rings. The van der Waals surface area contributed by atoms with E-state index >= 15 is 0 Å². The molecule has 160 valence electrons. The highest BCUT2D eigenvalue weighted by atomic mass is 35.5. The van der Waals surface area contributed by atoms with E-state index in [2.05, 4.69) is 10.2 Å². The molecule has 1 atom stereocenters. The van der Waals surface area contributed by atoms with E-state index in [-0.39, 0.29) is 17.9 Å². The minimum Gasteiger partial charge on any atom is -0.467 e. The minimum atomic E-state index is -0.147. The van der Waals surface area contributed by atoms with E-state index in [1.54, 1.807) is 30.5 Å². The van der Waals surface area contributed by atoms with Gasteiger partial charge >= 0.3 is 0 Å². The largest absolute Gasteiger partial charge is 0.467 e. The third-order valence-corrected chi connectivity index (χ3v) is 6.43. The molecule has 2 aromatic rings. The molecule has 1 aliphatic carbocycles. The Bertz CT molecular complexity index is 856. The van der Waals surface area contributed by atoms with Crippen LogP contribution in [0.5, 0.6) is 0 Å². The number of halogens is 1. The number of rotatable bonds is 6.